The Morgan fingerprint density at radius 1 is 0.765 bits per heavy atom. The molecule has 17 heavy (non-hydrogen) atoms. The molecule has 0 atom stereocenters. The van der Waals surface area contributed by atoms with Gasteiger partial charge < -0.3 is 5.11 Å². The van der Waals surface area contributed by atoms with Crippen molar-refractivity contribution in [2.24, 2.45) is 0 Å². The van der Waals surface area contributed by atoms with Crippen LogP contribution >= 0.6 is 0 Å². The van der Waals surface area contributed by atoms with Crippen molar-refractivity contribution in [2.75, 3.05) is 0 Å². The normalized spacial score (nSPS) is 10.6. The Hall–Kier alpha value is -2.35. The molecule has 0 radical (unpaired) electrons. The fourth-order valence-electron chi connectivity index (χ4n) is 1.44. The van der Waals surface area contributed by atoms with E-state index in [2.05, 4.69) is 0 Å². The summed E-state index contributed by atoms with van der Waals surface area (Å²) >= 11 is 0. The van der Waals surface area contributed by atoms with Gasteiger partial charge in [-0.15, -0.1) is 0 Å². The maximum atomic E-state index is 11.2. The Morgan fingerprint density at radius 3 is 2.06 bits per heavy atom. The van der Waals surface area contributed by atoms with Crippen molar-refractivity contribution in [3.8, 4) is 5.75 Å². The van der Waals surface area contributed by atoms with Gasteiger partial charge in [-0.2, -0.15) is 0 Å². The molecule has 0 aliphatic rings. The molecule has 0 heterocycles. The molecule has 0 aromatic heterocycles. The van der Waals surface area contributed by atoms with Crippen molar-refractivity contribution >= 4 is 12.2 Å². The van der Waals surface area contributed by atoms with Crippen LogP contribution in [0.4, 0.5) is 0 Å². The minimum absolute atomic E-state index is 0.232. The van der Waals surface area contributed by atoms with Crippen LogP contribution in [0.25, 0.3) is 12.2 Å². The zero-order chi connectivity index (χ0) is 12.1. The van der Waals surface area contributed by atoms with Crippen molar-refractivity contribution in [1.82, 2.24) is 0 Å². The van der Waals surface area contributed by atoms with Crippen LogP contribution in [0.1, 0.15) is 11.1 Å². The Bertz CT molecular complexity index is 586. The van der Waals surface area contributed by atoms with E-state index < -0.39 is 0 Å². The molecular formula is C15H12O2. The van der Waals surface area contributed by atoms with Crippen LogP contribution in [0.15, 0.2) is 59.4 Å². The Kier molecular flexibility index (Phi) is 3.36. The summed E-state index contributed by atoms with van der Waals surface area (Å²) in [5.41, 5.74) is 1.58. The largest absolute Gasteiger partial charge is 0.504 e. The van der Waals surface area contributed by atoms with Gasteiger partial charge in [0.05, 0.1) is 0 Å². The summed E-state index contributed by atoms with van der Waals surface area (Å²) in [6.45, 7) is 0. The van der Waals surface area contributed by atoms with E-state index in [1.165, 1.54) is 12.1 Å². The molecule has 0 saturated heterocycles. The second-order valence-corrected chi connectivity index (χ2v) is 3.66. The molecule has 2 aromatic rings. The average Bonchev–Trinajstić information content (AvgIpc) is 2.52. The van der Waals surface area contributed by atoms with E-state index in [4.69, 9.17) is 0 Å². The van der Waals surface area contributed by atoms with E-state index in [9.17, 15) is 9.90 Å². The van der Waals surface area contributed by atoms with E-state index in [1.807, 2.05) is 42.5 Å². The fourth-order valence-corrected chi connectivity index (χ4v) is 1.44. The van der Waals surface area contributed by atoms with Crippen molar-refractivity contribution in [3.63, 3.8) is 0 Å². The highest BCUT2D eigenvalue weighted by molar-refractivity contribution is 5.69. The van der Waals surface area contributed by atoms with Crippen LogP contribution in [0.5, 0.6) is 5.75 Å². The Morgan fingerprint density at radius 2 is 1.35 bits per heavy atom. The topological polar surface area (TPSA) is 37.3 Å². The molecular weight excluding hydrogens is 212 g/mol. The van der Waals surface area contributed by atoms with Crippen LogP contribution in [-0.4, -0.2) is 5.11 Å². The number of hydrogen-bond acceptors (Lipinski definition) is 2. The van der Waals surface area contributed by atoms with E-state index in [1.54, 1.807) is 12.1 Å². The third-order valence-corrected chi connectivity index (χ3v) is 2.38. The highest BCUT2D eigenvalue weighted by Crippen LogP contribution is 2.08. The van der Waals surface area contributed by atoms with Gasteiger partial charge in [-0.25, -0.2) is 0 Å². The van der Waals surface area contributed by atoms with Crippen LogP contribution in [-0.2, 0) is 0 Å². The molecule has 0 spiro atoms. The Balaban J connectivity index is 2.29. The molecule has 2 rings (SSSR count). The first kappa shape index (κ1) is 11.1. The van der Waals surface area contributed by atoms with Gasteiger partial charge in [-0.3, -0.25) is 4.79 Å². The van der Waals surface area contributed by atoms with Crippen molar-refractivity contribution in [3.05, 3.63) is 75.9 Å². The summed E-state index contributed by atoms with van der Waals surface area (Å²) in [6, 6.07) is 16.0. The highest BCUT2D eigenvalue weighted by Gasteiger charge is 1.92. The van der Waals surface area contributed by atoms with Gasteiger partial charge >= 0.3 is 0 Å². The number of aromatic hydroxyl groups is 1. The lowest BCUT2D eigenvalue weighted by molar-refractivity contribution is 0.471. The standard InChI is InChI=1S/C15H12O2/c16-14-10-8-13(9-11-15(14)17)7-6-12-4-2-1-3-5-12/h1-11H,(H,16,17). The summed E-state index contributed by atoms with van der Waals surface area (Å²) in [7, 11) is 0. The highest BCUT2D eigenvalue weighted by atomic mass is 16.3. The van der Waals surface area contributed by atoms with Crippen molar-refractivity contribution < 1.29 is 5.11 Å². The molecule has 0 unspecified atom stereocenters. The molecule has 2 aromatic carbocycles. The third kappa shape index (κ3) is 3.05. The first-order valence-corrected chi connectivity index (χ1v) is 5.32. The minimum Gasteiger partial charge on any atom is -0.504 e. The van der Waals surface area contributed by atoms with Crippen LogP contribution in [0.3, 0.4) is 0 Å². The van der Waals surface area contributed by atoms with Crippen molar-refractivity contribution in [1.29, 1.82) is 0 Å². The van der Waals surface area contributed by atoms with Gasteiger partial charge in [0.25, 0.3) is 0 Å². The molecule has 0 aliphatic heterocycles. The lowest BCUT2D eigenvalue weighted by atomic mass is 10.2. The average molecular weight is 224 g/mol. The first-order chi connectivity index (χ1) is 8.25. The zero-order valence-electron chi connectivity index (χ0n) is 9.21. The fraction of sp³-hybridized carbons (Fsp3) is 0. The minimum atomic E-state index is -0.371. The number of rotatable bonds is 2. The summed E-state index contributed by atoms with van der Waals surface area (Å²) < 4.78 is 0. The monoisotopic (exact) mass is 224 g/mol. The molecule has 0 aliphatic carbocycles. The molecule has 2 heteroatoms. The smallest absolute Gasteiger partial charge is 0.220 e. The quantitative estimate of drug-likeness (QED) is 0.851. The number of benzene rings is 1. The second-order valence-electron chi connectivity index (χ2n) is 3.66. The maximum absolute atomic E-state index is 11.2. The molecule has 0 saturated carbocycles. The number of hydrogen-bond donors (Lipinski definition) is 1. The Labute approximate surface area is 99.5 Å². The molecule has 0 bridgehead atoms. The molecule has 1 N–H and O–H groups in total. The predicted octanol–water partition coefficient (Wildman–Crippen LogP) is 2.92. The van der Waals surface area contributed by atoms with Gasteiger partial charge in [-0.05, 0) is 23.3 Å². The zero-order valence-corrected chi connectivity index (χ0v) is 9.21. The SMILES string of the molecule is O=c1ccc(C=Cc2ccccc2)ccc1O. The van der Waals surface area contributed by atoms with Crippen molar-refractivity contribution in [2.45, 2.75) is 0 Å². The van der Waals surface area contributed by atoms with Crippen LogP contribution in [0.2, 0.25) is 0 Å². The molecule has 0 fully saturated rings. The maximum Gasteiger partial charge on any atom is 0.220 e. The van der Waals surface area contributed by atoms with E-state index in [0.29, 0.717) is 0 Å². The van der Waals surface area contributed by atoms with Gasteiger partial charge in [0, 0.05) is 0 Å². The van der Waals surface area contributed by atoms with Gasteiger partial charge in [0.2, 0.25) is 5.43 Å². The van der Waals surface area contributed by atoms with Crippen LogP contribution < -0.4 is 5.43 Å². The van der Waals surface area contributed by atoms with Gasteiger partial charge in [-0.1, -0.05) is 54.6 Å². The van der Waals surface area contributed by atoms with E-state index in [0.717, 1.165) is 11.1 Å². The third-order valence-electron chi connectivity index (χ3n) is 2.38. The lowest BCUT2D eigenvalue weighted by Gasteiger charge is -1.90. The van der Waals surface area contributed by atoms with E-state index >= 15 is 0 Å². The molecule has 0 amide bonds. The second kappa shape index (κ2) is 5.12. The van der Waals surface area contributed by atoms with Gasteiger partial charge in [0.15, 0.2) is 5.75 Å². The summed E-state index contributed by atoms with van der Waals surface area (Å²) in [6.07, 6.45) is 3.85. The van der Waals surface area contributed by atoms with Gasteiger partial charge in [0.1, 0.15) is 0 Å². The molecule has 2 nitrogen and oxygen atoms in total. The summed E-state index contributed by atoms with van der Waals surface area (Å²) in [5.74, 6) is -0.232. The van der Waals surface area contributed by atoms with E-state index in [-0.39, 0.29) is 11.2 Å². The summed E-state index contributed by atoms with van der Waals surface area (Å²) in [5, 5.41) is 9.25. The predicted molar refractivity (Wildman–Crippen MR) is 69.7 cm³/mol. The van der Waals surface area contributed by atoms with Crippen LogP contribution in [0, 0.1) is 0 Å². The lowest BCUT2D eigenvalue weighted by Crippen LogP contribution is -1.91. The molecule has 84 valence electrons. The summed E-state index contributed by atoms with van der Waals surface area (Å²) in [4.78, 5) is 11.2. The first-order valence-electron chi connectivity index (χ1n) is 5.32.